The molecule has 1 aliphatic heterocycles. The third-order valence-electron chi connectivity index (χ3n) is 2.56. The van der Waals surface area contributed by atoms with Crippen LogP contribution in [-0.4, -0.2) is 34.9 Å². The lowest BCUT2D eigenvalue weighted by Gasteiger charge is -2.27. The molecular formula is C11H9N3O4S. The molecule has 7 nitrogen and oxygen atoms in total. The summed E-state index contributed by atoms with van der Waals surface area (Å²) in [5, 5.41) is 18.0. The van der Waals surface area contributed by atoms with E-state index in [0.717, 1.165) is 4.90 Å². The predicted octanol–water partition coefficient (Wildman–Crippen LogP) is 1.27. The van der Waals surface area contributed by atoms with Crippen molar-refractivity contribution in [1.29, 1.82) is 5.26 Å². The van der Waals surface area contributed by atoms with Gasteiger partial charge in [0.25, 0.3) is 11.0 Å². The summed E-state index contributed by atoms with van der Waals surface area (Å²) in [6.07, 6.45) is 0. The van der Waals surface area contributed by atoms with E-state index in [1.54, 1.807) is 12.1 Å². The quantitative estimate of drug-likeness (QED) is 0.608. The van der Waals surface area contributed by atoms with E-state index < -0.39 is 5.09 Å². The number of hydrogen-bond acceptors (Lipinski definition) is 6. The first-order chi connectivity index (χ1) is 9.11. The second-order valence-electron chi connectivity index (χ2n) is 3.72. The molecule has 1 aromatic rings. The summed E-state index contributed by atoms with van der Waals surface area (Å²) in [5.41, 5.74) is 0.868. The zero-order chi connectivity index (χ0) is 13.8. The van der Waals surface area contributed by atoms with Crippen LogP contribution in [0.25, 0.3) is 0 Å². The smallest absolute Gasteiger partial charge is 0.294 e. The van der Waals surface area contributed by atoms with Gasteiger partial charge in [0.1, 0.15) is 6.61 Å². The largest absolute Gasteiger partial charge is 0.327 e. The lowest BCUT2D eigenvalue weighted by Crippen LogP contribution is -2.36. The van der Waals surface area contributed by atoms with Crippen molar-refractivity contribution in [1.82, 2.24) is 4.90 Å². The van der Waals surface area contributed by atoms with Gasteiger partial charge in [0.15, 0.2) is 0 Å². The first-order valence-electron chi connectivity index (χ1n) is 5.35. The maximum atomic E-state index is 12.1. The van der Waals surface area contributed by atoms with Crippen LogP contribution < -0.4 is 0 Å². The third kappa shape index (κ3) is 2.95. The Kier molecular flexibility index (Phi) is 3.87. The van der Waals surface area contributed by atoms with Crippen molar-refractivity contribution in [3.63, 3.8) is 0 Å². The van der Waals surface area contributed by atoms with Crippen LogP contribution in [0.1, 0.15) is 15.9 Å². The SMILES string of the molecule is N#Cc1ccc2c(c1)C(=O)N(CCO[N+](=O)[O-])CS2. The maximum Gasteiger partial charge on any atom is 0.294 e. The number of amides is 1. The van der Waals surface area contributed by atoms with Gasteiger partial charge in [-0.1, -0.05) is 0 Å². The normalized spacial score (nSPS) is 13.6. The van der Waals surface area contributed by atoms with Crippen molar-refractivity contribution >= 4 is 17.7 Å². The molecule has 1 aliphatic rings. The van der Waals surface area contributed by atoms with Gasteiger partial charge in [0.2, 0.25) is 0 Å². The van der Waals surface area contributed by atoms with E-state index in [1.165, 1.54) is 22.7 Å². The van der Waals surface area contributed by atoms with Crippen LogP contribution in [0.3, 0.4) is 0 Å². The summed E-state index contributed by atoms with van der Waals surface area (Å²) in [7, 11) is 0. The molecular weight excluding hydrogens is 270 g/mol. The van der Waals surface area contributed by atoms with Crippen LogP contribution in [0.5, 0.6) is 0 Å². The van der Waals surface area contributed by atoms with E-state index in [0.29, 0.717) is 17.0 Å². The minimum absolute atomic E-state index is 0.142. The Balaban J connectivity index is 2.10. The summed E-state index contributed by atoms with van der Waals surface area (Å²) < 4.78 is 0. The molecule has 1 heterocycles. The van der Waals surface area contributed by atoms with E-state index in [9.17, 15) is 14.9 Å². The highest BCUT2D eigenvalue weighted by atomic mass is 32.2. The van der Waals surface area contributed by atoms with Gasteiger partial charge in [0, 0.05) is 11.4 Å². The molecule has 0 bridgehead atoms. The molecule has 0 fully saturated rings. The van der Waals surface area contributed by atoms with Crippen molar-refractivity contribution in [2.24, 2.45) is 0 Å². The van der Waals surface area contributed by atoms with Crippen LogP contribution in [-0.2, 0) is 4.84 Å². The fraction of sp³-hybridized carbons (Fsp3) is 0.273. The van der Waals surface area contributed by atoms with Crippen molar-refractivity contribution in [2.45, 2.75) is 4.90 Å². The highest BCUT2D eigenvalue weighted by Gasteiger charge is 2.25. The predicted molar refractivity (Wildman–Crippen MR) is 65.9 cm³/mol. The minimum atomic E-state index is -0.886. The van der Waals surface area contributed by atoms with Gasteiger partial charge in [-0.05, 0) is 18.2 Å². The summed E-state index contributed by atoms with van der Waals surface area (Å²) in [4.78, 5) is 28.6. The van der Waals surface area contributed by atoms with Crippen LogP contribution in [0.4, 0.5) is 0 Å². The van der Waals surface area contributed by atoms with Crippen LogP contribution >= 0.6 is 11.8 Å². The average molecular weight is 279 g/mol. The van der Waals surface area contributed by atoms with Gasteiger partial charge in [-0.25, -0.2) is 0 Å². The lowest BCUT2D eigenvalue weighted by atomic mass is 10.1. The van der Waals surface area contributed by atoms with Crippen LogP contribution in [0.2, 0.25) is 0 Å². The van der Waals surface area contributed by atoms with Crippen LogP contribution in [0, 0.1) is 21.4 Å². The molecule has 0 aromatic heterocycles. The molecule has 0 atom stereocenters. The lowest BCUT2D eigenvalue weighted by molar-refractivity contribution is -0.757. The number of nitriles is 1. The Labute approximate surface area is 112 Å². The molecule has 1 aromatic carbocycles. The zero-order valence-corrected chi connectivity index (χ0v) is 10.6. The van der Waals surface area contributed by atoms with Gasteiger partial charge in [0.05, 0.1) is 23.1 Å². The van der Waals surface area contributed by atoms with Crippen LogP contribution in [0.15, 0.2) is 23.1 Å². The molecule has 2 rings (SSSR count). The summed E-state index contributed by atoms with van der Waals surface area (Å²) >= 11 is 1.45. The average Bonchev–Trinajstić information content (AvgIpc) is 2.41. The van der Waals surface area contributed by atoms with E-state index in [-0.39, 0.29) is 19.1 Å². The second kappa shape index (κ2) is 5.58. The first-order valence-corrected chi connectivity index (χ1v) is 6.34. The molecule has 0 unspecified atom stereocenters. The molecule has 1 amide bonds. The Morgan fingerprint density at radius 1 is 1.58 bits per heavy atom. The monoisotopic (exact) mass is 279 g/mol. The number of carbonyl (C=O) groups is 1. The molecule has 0 aliphatic carbocycles. The van der Waals surface area contributed by atoms with Crippen molar-refractivity contribution < 1.29 is 14.7 Å². The molecule has 0 N–H and O–H groups in total. The Hall–Kier alpha value is -2.27. The fourth-order valence-corrected chi connectivity index (χ4v) is 2.67. The molecule has 0 saturated heterocycles. The Morgan fingerprint density at radius 3 is 3.05 bits per heavy atom. The standard InChI is InChI=1S/C11H9N3O4S/c12-6-8-1-2-10-9(5-8)11(15)13(7-19-10)3-4-18-14(16)17/h1-2,5H,3-4,7H2. The molecule has 0 radical (unpaired) electrons. The molecule has 19 heavy (non-hydrogen) atoms. The van der Waals surface area contributed by atoms with Crippen molar-refractivity contribution in [3.05, 3.63) is 39.4 Å². The molecule has 0 saturated carbocycles. The number of hydrogen-bond donors (Lipinski definition) is 0. The minimum Gasteiger partial charge on any atom is -0.327 e. The summed E-state index contributed by atoms with van der Waals surface area (Å²) in [6.45, 7) is -0.0182. The number of carbonyl (C=O) groups excluding carboxylic acids is 1. The fourth-order valence-electron chi connectivity index (χ4n) is 1.66. The van der Waals surface area contributed by atoms with Gasteiger partial charge < -0.3 is 9.74 Å². The molecule has 8 heteroatoms. The summed E-state index contributed by atoms with van der Waals surface area (Å²) in [6, 6.07) is 6.90. The number of rotatable bonds is 4. The van der Waals surface area contributed by atoms with Crippen molar-refractivity contribution in [2.75, 3.05) is 19.0 Å². The Morgan fingerprint density at radius 2 is 2.37 bits per heavy atom. The van der Waals surface area contributed by atoms with E-state index in [2.05, 4.69) is 4.84 Å². The Bertz CT molecular complexity index is 570. The highest BCUT2D eigenvalue weighted by molar-refractivity contribution is 7.99. The topological polar surface area (TPSA) is 96.5 Å². The van der Waals surface area contributed by atoms with E-state index >= 15 is 0 Å². The summed E-state index contributed by atoms with van der Waals surface area (Å²) in [5.74, 6) is 0.177. The third-order valence-corrected chi connectivity index (χ3v) is 3.67. The van der Waals surface area contributed by atoms with Gasteiger partial charge in [-0.2, -0.15) is 5.26 Å². The number of nitrogens with zero attached hydrogens (tertiary/aromatic N) is 3. The second-order valence-corrected chi connectivity index (χ2v) is 4.71. The highest BCUT2D eigenvalue weighted by Crippen LogP contribution is 2.30. The number of benzene rings is 1. The number of thioether (sulfide) groups is 1. The van der Waals surface area contributed by atoms with Gasteiger partial charge in [-0.3, -0.25) is 4.79 Å². The molecule has 98 valence electrons. The number of fused-ring (bicyclic) bond motifs is 1. The van der Waals surface area contributed by atoms with E-state index in [1.807, 2.05) is 6.07 Å². The zero-order valence-electron chi connectivity index (χ0n) is 9.74. The van der Waals surface area contributed by atoms with Gasteiger partial charge in [-0.15, -0.1) is 21.9 Å². The van der Waals surface area contributed by atoms with E-state index in [4.69, 9.17) is 5.26 Å². The first kappa shape index (κ1) is 13.2. The maximum absolute atomic E-state index is 12.1. The molecule has 0 spiro atoms. The van der Waals surface area contributed by atoms with Crippen molar-refractivity contribution in [3.8, 4) is 6.07 Å². The van der Waals surface area contributed by atoms with Gasteiger partial charge >= 0.3 is 0 Å².